The van der Waals surface area contributed by atoms with Gasteiger partial charge in [0.15, 0.2) is 0 Å². The summed E-state index contributed by atoms with van der Waals surface area (Å²) >= 11 is 3.63. The lowest BCUT2D eigenvalue weighted by Crippen LogP contribution is -2.35. The number of nitrogens with two attached hydrogens (primary N) is 1. The van der Waals surface area contributed by atoms with Crippen LogP contribution in [0.1, 0.15) is 13.8 Å². The molecule has 86 valence electrons. The van der Waals surface area contributed by atoms with Crippen molar-refractivity contribution < 1.29 is 0 Å². The third-order valence-corrected chi connectivity index (χ3v) is 4.79. The molecule has 0 radical (unpaired) electrons. The number of fused-ring (bicyclic) bond motifs is 1. The second-order valence-corrected chi connectivity index (χ2v) is 6.60. The molecule has 4 heteroatoms. The van der Waals surface area contributed by atoms with E-state index in [4.69, 9.17) is 5.73 Å². The zero-order valence-corrected chi connectivity index (χ0v) is 11.2. The first-order chi connectivity index (χ1) is 7.54. The standard InChI is InChI=1S/C12H16N2S2/c1-12(2,13)8-16-11-7-15-10-6-4-3-5-9(10)14-11/h3-6H,7-8,13H2,1-2H3. The zero-order valence-electron chi connectivity index (χ0n) is 9.56. The maximum absolute atomic E-state index is 5.96. The molecule has 0 fully saturated rings. The Labute approximate surface area is 105 Å². The van der Waals surface area contributed by atoms with Crippen molar-refractivity contribution in [2.24, 2.45) is 10.7 Å². The van der Waals surface area contributed by atoms with Gasteiger partial charge in [-0.05, 0) is 26.0 Å². The predicted molar refractivity (Wildman–Crippen MR) is 75.0 cm³/mol. The van der Waals surface area contributed by atoms with E-state index in [0.717, 1.165) is 17.2 Å². The normalized spacial score (nSPS) is 15.6. The van der Waals surface area contributed by atoms with Crippen LogP contribution in [-0.2, 0) is 0 Å². The summed E-state index contributed by atoms with van der Waals surface area (Å²) in [5, 5.41) is 1.18. The van der Waals surface area contributed by atoms with E-state index in [1.807, 2.05) is 31.7 Å². The van der Waals surface area contributed by atoms with Gasteiger partial charge in [0, 0.05) is 21.9 Å². The van der Waals surface area contributed by atoms with Crippen molar-refractivity contribution in [1.82, 2.24) is 0 Å². The molecule has 0 aliphatic carbocycles. The Kier molecular flexibility index (Phi) is 3.62. The second-order valence-electron chi connectivity index (χ2n) is 4.54. The molecule has 0 spiro atoms. The molecule has 2 N–H and O–H groups in total. The van der Waals surface area contributed by atoms with Gasteiger partial charge in [0.05, 0.1) is 10.7 Å². The molecule has 0 amide bonds. The fraction of sp³-hybridized carbons (Fsp3) is 0.417. The van der Waals surface area contributed by atoms with Crippen LogP contribution in [-0.4, -0.2) is 22.1 Å². The van der Waals surface area contributed by atoms with E-state index in [-0.39, 0.29) is 5.54 Å². The van der Waals surface area contributed by atoms with Gasteiger partial charge >= 0.3 is 0 Å². The third-order valence-electron chi connectivity index (χ3n) is 2.07. The molecule has 0 bridgehead atoms. The number of hydrogen-bond donors (Lipinski definition) is 1. The summed E-state index contributed by atoms with van der Waals surface area (Å²) < 4.78 is 0. The van der Waals surface area contributed by atoms with E-state index in [9.17, 15) is 0 Å². The van der Waals surface area contributed by atoms with Crippen LogP contribution >= 0.6 is 23.5 Å². The van der Waals surface area contributed by atoms with E-state index in [1.165, 1.54) is 9.94 Å². The minimum atomic E-state index is -0.130. The minimum absolute atomic E-state index is 0.130. The number of aliphatic imine (C=N–C) groups is 1. The van der Waals surface area contributed by atoms with Gasteiger partial charge in [-0.15, -0.1) is 23.5 Å². The molecule has 1 aliphatic heterocycles. The second kappa shape index (κ2) is 4.82. The lowest BCUT2D eigenvalue weighted by Gasteiger charge is -2.20. The smallest absolute Gasteiger partial charge is 0.0842 e. The van der Waals surface area contributed by atoms with Gasteiger partial charge in [-0.1, -0.05) is 12.1 Å². The van der Waals surface area contributed by atoms with Gasteiger partial charge in [0.1, 0.15) is 0 Å². The fourth-order valence-electron chi connectivity index (χ4n) is 1.32. The minimum Gasteiger partial charge on any atom is -0.325 e. The number of hydrogen-bond acceptors (Lipinski definition) is 4. The predicted octanol–water partition coefficient (Wildman–Crippen LogP) is 3.29. The summed E-state index contributed by atoms with van der Waals surface area (Å²) in [4.78, 5) is 5.93. The Morgan fingerprint density at radius 2 is 2.19 bits per heavy atom. The molecule has 1 heterocycles. The van der Waals surface area contributed by atoms with Gasteiger partial charge < -0.3 is 5.73 Å². The van der Waals surface area contributed by atoms with Gasteiger partial charge in [0.25, 0.3) is 0 Å². The Morgan fingerprint density at radius 3 is 2.94 bits per heavy atom. The maximum Gasteiger partial charge on any atom is 0.0842 e. The molecule has 0 aromatic heterocycles. The van der Waals surface area contributed by atoms with Crippen molar-refractivity contribution >= 4 is 34.3 Å². The number of thioether (sulfide) groups is 2. The summed E-state index contributed by atoms with van der Waals surface area (Å²) in [5.74, 6) is 1.88. The molecule has 0 atom stereocenters. The van der Waals surface area contributed by atoms with Crippen LogP contribution < -0.4 is 5.73 Å². The quantitative estimate of drug-likeness (QED) is 0.877. The Bertz CT molecular complexity index is 408. The number of nitrogens with zero attached hydrogens (tertiary/aromatic N) is 1. The first kappa shape index (κ1) is 12.0. The lowest BCUT2D eigenvalue weighted by molar-refractivity contribution is 0.592. The number of rotatable bonds is 2. The van der Waals surface area contributed by atoms with Crippen molar-refractivity contribution in [3.63, 3.8) is 0 Å². The summed E-state index contributed by atoms with van der Waals surface area (Å²) in [6.07, 6.45) is 0. The van der Waals surface area contributed by atoms with Crippen LogP contribution in [0, 0.1) is 0 Å². The molecule has 0 saturated carbocycles. The van der Waals surface area contributed by atoms with Crippen molar-refractivity contribution in [3.8, 4) is 0 Å². The average molecular weight is 252 g/mol. The topological polar surface area (TPSA) is 38.4 Å². The third kappa shape index (κ3) is 3.27. The first-order valence-electron chi connectivity index (χ1n) is 5.26. The van der Waals surface area contributed by atoms with Gasteiger partial charge in [-0.25, -0.2) is 4.99 Å². The molecule has 16 heavy (non-hydrogen) atoms. The Morgan fingerprint density at radius 1 is 1.44 bits per heavy atom. The summed E-state index contributed by atoms with van der Waals surface area (Å²) in [5.41, 5.74) is 6.93. The summed E-state index contributed by atoms with van der Waals surface area (Å²) in [6, 6.07) is 8.28. The van der Waals surface area contributed by atoms with Crippen LogP contribution in [0.3, 0.4) is 0 Å². The fourth-order valence-corrected chi connectivity index (χ4v) is 3.31. The zero-order chi connectivity index (χ0) is 11.6. The van der Waals surface area contributed by atoms with Crippen LogP contribution in [0.5, 0.6) is 0 Å². The molecule has 0 saturated heterocycles. The van der Waals surface area contributed by atoms with E-state index in [0.29, 0.717) is 0 Å². The van der Waals surface area contributed by atoms with Crippen molar-refractivity contribution in [2.75, 3.05) is 11.5 Å². The lowest BCUT2D eigenvalue weighted by atomic mass is 10.1. The molecule has 1 aliphatic rings. The molecular formula is C12H16N2S2. The number of benzene rings is 1. The van der Waals surface area contributed by atoms with E-state index < -0.39 is 0 Å². The Balaban J connectivity index is 2.07. The molecule has 2 rings (SSSR count). The highest BCUT2D eigenvalue weighted by molar-refractivity contribution is 8.16. The molecule has 0 unspecified atom stereocenters. The molecular weight excluding hydrogens is 236 g/mol. The van der Waals surface area contributed by atoms with Crippen molar-refractivity contribution in [1.29, 1.82) is 0 Å². The highest BCUT2D eigenvalue weighted by Gasteiger charge is 2.16. The van der Waals surface area contributed by atoms with E-state index in [2.05, 4.69) is 23.2 Å². The highest BCUT2D eigenvalue weighted by atomic mass is 32.2. The largest absolute Gasteiger partial charge is 0.325 e. The SMILES string of the molecule is CC(C)(N)CSC1=Nc2ccccc2SC1. The first-order valence-corrected chi connectivity index (χ1v) is 7.23. The highest BCUT2D eigenvalue weighted by Crippen LogP contribution is 2.35. The van der Waals surface area contributed by atoms with Crippen LogP contribution in [0.4, 0.5) is 5.69 Å². The van der Waals surface area contributed by atoms with E-state index in [1.54, 1.807) is 11.8 Å². The molecule has 1 aromatic rings. The average Bonchev–Trinajstić information content (AvgIpc) is 2.25. The molecule has 2 nitrogen and oxygen atoms in total. The van der Waals surface area contributed by atoms with Gasteiger partial charge in [-0.2, -0.15) is 0 Å². The Hall–Kier alpha value is -0.450. The van der Waals surface area contributed by atoms with Gasteiger partial charge in [-0.3, -0.25) is 0 Å². The van der Waals surface area contributed by atoms with Crippen LogP contribution in [0.2, 0.25) is 0 Å². The monoisotopic (exact) mass is 252 g/mol. The molecule has 1 aromatic carbocycles. The van der Waals surface area contributed by atoms with Crippen molar-refractivity contribution in [2.45, 2.75) is 24.3 Å². The van der Waals surface area contributed by atoms with Crippen LogP contribution in [0.15, 0.2) is 34.2 Å². The van der Waals surface area contributed by atoms with Crippen LogP contribution in [0.25, 0.3) is 0 Å². The van der Waals surface area contributed by atoms with Crippen molar-refractivity contribution in [3.05, 3.63) is 24.3 Å². The summed E-state index contributed by atoms with van der Waals surface area (Å²) in [6.45, 7) is 4.09. The van der Waals surface area contributed by atoms with Gasteiger partial charge in [0.2, 0.25) is 0 Å². The number of para-hydroxylation sites is 1. The maximum atomic E-state index is 5.96. The summed E-state index contributed by atoms with van der Waals surface area (Å²) in [7, 11) is 0. The van der Waals surface area contributed by atoms with E-state index >= 15 is 0 Å².